The number of imide groups is 1. The summed E-state index contributed by atoms with van der Waals surface area (Å²) in [6.45, 7) is 4.84. The minimum Gasteiger partial charge on any atom is -0.461 e. The van der Waals surface area contributed by atoms with Gasteiger partial charge in [0.1, 0.15) is 12.3 Å². The Labute approximate surface area is 138 Å². The molecule has 0 saturated carbocycles. The number of hydrazone groups is 1. The van der Waals surface area contributed by atoms with Crippen molar-refractivity contribution in [1.29, 1.82) is 0 Å². The van der Waals surface area contributed by atoms with Gasteiger partial charge in [0.05, 0.1) is 6.61 Å². The average Bonchev–Trinajstić information content (AvgIpc) is 2.93. The first kappa shape index (κ1) is 17.6. The van der Waals surface area contributed by atoms with E-state index in [4.69, 9.17) is 9.47 Å². The Balaban J connectivity index is 2.17. The maximum atomic E-state index is 12.7. The molecule has 24 heavy (non-hydrogen) atoms. The SMILES string of the molecule is CC(=O)N1C(=O)OC[C@@H]1C(=O)N1N=CCC=C1C(=O)OCC(C)C. The number of cyclic esters (lactones) is 1. The summed E-state index contributed by atoms with van der Waals surface area (Å²) in [5.74, 6) is -1.88. The minimum absolute atomic E-state index is 0.0361. The van der Waals surface area contributed by atoms with Crippen LogP contribution in [0, 0.1) is 5.92 Å². The number of ether oxygens (including phenoxy) is 2. The molecule has 9 heteroatoms. The van der Waals surface area contributed by atoms with E-state index in [2.05, 4.69) is 5.10 Å². The first-order valence-electron chi connectivity index (χ1n) is 7.53. The molecule has 0 radical (unpaired) electrons. The number of hydrogen-bond acceptors (Lipinski definition) is 7. The van der Waals surface area contributed by atoms with Gasteiger partial charge < -0.3 is 9.47 Å². The first-order valence-corrected chi connectivity index (χ1v) is 7.53. The van der Waals surface area contributed by atoms with Crippen molar-refractivity contribution in [3.8, 4) is 0 Å². The van der Waals surface area contributed by atoms with Gasteiger partial charge in [-0.25, -0.2) is 14.5 Å². The zero-order chi connectivity index (χ0) is 17.9. The number of rotatable bonds is 4. The molecule has 0 aromatic carbocycles. The molecule has 3 amide bonds. The van der Waals surface area contributed by atoms with E-state index in [1.165, 1.54) is 12.3 Å². The molecule has 0 bridgehead atoms. The van der Waals surface area contributed by atoms with Crippen LogP contribution in [0.25, 0.3) is 0 Å². The summed E-state index contributed by atoms with van der Waals surface area (Å²) in [6.07, 6.45) is 2.41. The van der Waals surface area contributed by atoms with Crippen LogP contribution in [0.2, 0.25) is 0 Å². The normalized spacial score (nSPS) is 20.1. The predicted molar refractivity (Wildman–Crippen MR) is 81.5 cm³/mol. The van der Waals surface area contributed by atoms with E-state index in [1.807, 2.05) is 13.8 Å². The number of nitrogens with zero attached hydrogens (tertiary/aromatic N) is 3. The summed E-state index contributed by atoms with van der Waals surface area (Å²) >= 11 is 0. The third-order valence-electron chi connectivity index (χ3n) is 3.30. The van der Waals surface area contributed by atoms with Crippen molar-refractivity contribution in [3.05, 3.63) is 11.8 Å². The lowest BCUT2D eigenvalue weighted by Crippen LogP contribution is -2.48. The Kier molecular flexibility index (Phi) is 5.32. The Morgan fingerprint density at radius 1 is 1.42 bits per heavy atom. The molecule has 2 aliphatic rings. The standard InChI is InChI=1S/C15H19N3O6/c1-9(2)7-23-14(21)11-5-4-6-16-18(11)13(20)12-8-24-15(22)17(12)10(3)19/h5-6,9,12H,4,7-8H2,1-3H3/t12-/m1/s1. The van der Waals surface area contributed by atoms with Gasteiger partial charge in [-0.15, -0.1) is 0 Å². The molecular weight excluding hydrogens is 318 g/mol. The Hall–Kier alpha value is -2.71. The molecule has 0 aromatic heterocycles. The van der Waals surface area contributed by atoms with E-state index in [0.717, 1.165) is 11.9 Å². The number of carbonyl (C=O) groups is 4. The van der Waals surface area contributed by atoms with Crippen molar-refractivity contribution < 1.29 is 28.7 Å². The lowest BCUT2D eigenvalue weighted by atomic mass is 10.2. The zero-order valence-electron chi connectivity index (χ0n) is 13.7. The highest BCUT2D eigenvalue weighted by Gasteiger charge is 2.44. The maximum Gasteiger partial charge on any atom is 0.417 e. The number of allylic oxidation sites excluding steroid dienone is 1. The van der Waals surface area contributed by atoms with Crippen LogP contribution in [0.4, 0.5) is 4.79 Å². The van der Waals surface area contributed by atoms with Gasteiger partial charge in [0, 0.05) is 19.6 Å². The van der Waals surface area contributed by atoms with Gasteiger partial charge in [0.15, 0.2) is 6.04 Å². The van der Waals surface area contributed by atoms with Gasteiger partial charge in [-0.2, -0.15) is 10.1 Å². The predicted octanol–water partition coefficient (Wildman–Crippen LogP) is 0.655. The fraction of sp³-hybridized carbons (Fsp3) is 0.533. The van der Waals surface area contributed by atoms with Crippen molar-refractivity contribution in [2.45, 2.75) is 33.2 Å². The summed E-state index contributed by atoms with van der Waals surface area (Å²) in [5.41, 5.74) is -0.0361. The molecular formula is C15H19N3O6. The quantitative estimate of drug-likeness (QED) is 0.698. The summed E-state index contributed by atoms with van der Waals surface area (Å²) in [5, 5.41) is 4.76. The van der Waals surface area contributed by atoms with Gasteiger partial charge in [0.2, 0.25) is 5.91 Å². The Morgan fingerprint density at radius 3 is 2.75 bits per heavy atom. The number of amides is 3. The van der Waals surface area contributed by atoms with Gasteiger partial charge in [-0.05, 0) is 12.0 Å². The maximum absolute atomic E-state index is 12.7. The Morgan fingerprint density at radius 2 is 2.12 bits per heavy atom. The van der Waals surface area contributed by atoms with Crippen LogP contribution in [0.15, 0.2) is 16.9 Å². The monoisotopic (exact) mass is 337 g/mol. The van der Waals surface area contributed by atoms with E-state index in [-0.39, 0.29) is 24.8 Å². The van der Waals surface area contributed by atoms with Gasteiger partial charge in [-0.3, -0.25) is 9.59 Å². The number of carbonyl (C=O) groups excluding carboxylic acids is 4. The van der Waals surface area contributed by atoms with Crippen LogP contribution in [0.1, 0.15) is 27.2 Å². The van der Waals surface area contributed by atoms with Crippen molar-refractivity contribution in [3.63, 3.8) is 0 Å². The van der Waals surface area contributed by atoms with E-state index in [0.29, 0.717) is 11.3 Å². The largest absolute Gasteiger partial charge is 0.461 e. The fourth-order valence-electron chi connectivity index (χ4n) is 2.20. The highest BCUT2D eigenvalue weighted by atomic mass is 16.6. The molecule has 0 unspecified atom stereocenters. The van der Waals surface area contributed by atoms with Crippen LogP contribution < -0.4 is 0 Å². The van der Waals surface area contributed by atoms with E-state index in [1.54, 1.807) is 0 Å². The second-order valence-electron chi connectivity index (χ2n) is 5.75. The van der Waals surface area contributed by atoms with Crippen LogP contribution in [-0.4, -0.2) is 59.3 Å². The van der Waals surface area contributed by atoms with E-state index >= 15 is 0 Å². The van der Waals surface area contributed by atoms with Gasteiger partial charge in [0.25, 0.3) is 5.91 Å². The molecule has 1 fully saturated rings. The van der Waals surface area contributed by atoms with Crippen molar-refractivity contribution >= 4 is 30.1 Å². The zero-order valence-corrected chi connectivity index (χ0v) is 13.7. The second-order valence-corrected chi connectivity index (χ2v) is 5.75. The summed E-state index contributed by atoms with van der Waals surface area (Å²) in [7, 11) is 0. The third-order valence-corrected chi connectivity index (χ3v) is 3.30. The smallest absolute Gasteiger partial charge is 0.417 e. The summed E-state index contributed by atoms with van der Waals surface area (Å²) in [6, 6.07) is -1.16. The van der Waals surface area contributed by atoms with E-state index < -0.39 is 29.9 Å². The molecule has 1 atom stereocenters. The third kappa shape index (κ3) is 3.61. The molecule has 2 rings (SSSR count). The highest BCUT2D eigenvalue weighted by molar-refractivity contribution is 6.02. The molecule has 0 aromatic rings. The molecule has 130 valence electrons. The number of hydrogen-bond donors (Lipinski definition) is 0. The molecule has 0 N–H and O–H groups in total. The average molecular weight is 337 g/mol. The van der Waals surface area contributed by atoms with Crippen LogP contribution in [0.3, 0.4) is 0 Å². The summed E-state index contributed by atoms with van der Waals surface area (Å²) in [4.78, 5) is 48.7. The molecule has 0 aliphatic carbocycles. The van der Waals surface area contributed by atoms with E-state index in [9.17, 15) is 19.2 Å². The first-order chi connectivity index (χ1) is 11.3. The lowest BCUT2D eigenvalue weighted by Gasteiger charge is -2.26. The van der Waals surface area contributed by atoms with Crippen molar-refractivity contribution in [2.24, 2.45) is 11.0 Å². The minimum atomic E-state index is -1.16. The van der Waals surface area contributed by atoms with Crippen LogP contribution in [-0.2, 0) is 23.9 Å². The van der Waals surface area contributed by atoms with Crippen molar-refractivity contribution in [2.75, 3.05) is 13.2 Å². The molecule has 0 spiro atoms. The van der Waals surface area contributed by atoms with Crippen LogP contribution in [0.5, 0.6) is 0 Å². The lowest BCUT2D eigenvalue weighted by molar-refractivity contribution is -0.147. The summed E-state index contributed by atoms with van der Waals surface area (Å²) < 4.78 is 9.88. The molecule has 2 heterocycles. The van der Waals surface area contributed by atoms with Gasteiger partial charge >= 0.3 is 12.1 Å². The Bertz CT molecular complexity index is 625. The highest BCUT2D eigenvalue weighted by Crippen LogP contribution is 2.20. The van der Waals surface area contributed by atoms with Gasteiger partial charge in [-0.1, -0.05) is 13.8 Å². The molecule has 2 aliphatic heterocycles. The topological polar surface area (TPSA) is 106 Å². The molecule has 1 saturated heterocycles. The fourth-order valence-corrected chi connectivity index (χ4v) is 2.20. The van der Waals surface area contributed by atoms with Crippen molar-refractivity contribution in [1.82, 2.24) is 9.91 Å². The second kappa shape index (κ2) is 7.24. The van der Waals surface area contributed by atoms with Crippen LogP contribution >= 0.6 is 0 Å². The molecule has 9 nitrogen and oxygen atoms in total. The number of esters is 1.